The molecule has 1 aromatic carbocycles. The molecule has 3 heteroatoms. The maximum atomic E-state index is 11.2. The van der Waals surface area contributed by atoms with Crippen LogP contribution in [-0.4, -0.2) is 12.6 Å². The number of carbonyl (C=O) groups excluding carboxylic acids is 1. The van der Waals surface area contributed by atoms with Gasteiger partial charge in [0.15, 0.2) is 0 Å². The predicted octanol–water partition coefficient (Wildman–Crippen LogP) is 3.99. The van der Waals surface area contributed by atoms with Gasteiger partial charge in [-0.2, -0.15) is 0 Å². The molecular formula is C15H14O2S. The second-order valence-corrected chi connectivity index (χ2v) is 4.63. The van der Waals surface area contributed by atoms with Gasteiger partial charge >= 0.3 is 5.97 Å². The number of thiophene rings is 1. The highest BCUT2D eigenvalue weighted by Crippen LogP contribution is 2.26. The fraction of sp³-hybridized carbons (Fsp3) is 0.133. The van der Waals surface area contributed by atoms with E-state index in [1.165, 1.54) is 17.2 Å². The fourth-order valence-electron chi connectivity index (χ4n) is 1.56. The van der Waals surface area contributed by atoms with Gasteiger partial charge in [0.2, 0.25) is 0 Å². The molecule has 92 valence electrons. The van der Waals surface area contributed by atoms with Crippen LogP contribution < -0.4 is 0 Å². The van der Waals surface area contributed by atoms with Crippen molar-refractivity contribution in [2.24, 2.45) is 0 Å². The van der Waals surface area contributed by atoms with Gasteiger partial charge in [-0.25, -0.2) is 4.79 Å². The first kappa shape index (κ1) is 12.6. The van der Waals surface area contributed by atoms with Gasteiger partial charge in [-0.3, -0.25) is 0 Å². The van der Waals surface area contributed by atoms with Crippen LogP contribution in [0, 0.1) is 0 Å². The third-order valence-corrected chi connectivity index (χ3v) is 3.30. The number of rotatable bonds is 4. The minimum Gasteiger partial charge on any atom is -0.463 e. The molecule has 0 aliphatic heterocycles. The van der Waals surface area contributed by atoms with E-state index in [4.69, 9.17) is 4.74 Å². The Morgan fingerprint density at radius 3 is 2.78 bits per heavy atom. The van der Waals surface area contributed by atoms with E-state index in [1.807, 2.05) is 18.2 Å². The van der Waals surface area contributed by atoms with Crippen molar-refractivity contribution in [1.82, 2.24) is 0 Å². The molecule has 18 heavy (non-hydrogen) atoms. The van der Waals surface area contributed by atoms with Crippen LogP contribution in [-0.2, 0) is 9.53 Å². The molecule has 2 nitrogen and oxygen atoms in total. The molecule has 1 heterocycles. The van der Waals surface area contributed by atoms with Gasteiger partial charge in [0.05, 0.1) is 6.61 Å². The summed E-state index contributed by atoms with van der Waals surface area (Å²) in [6.45, 7) is 2.20. The minimum absolute atomic E-state index is 0.299. The normalized spacial score (nSPS) is 10.7. The molecule has 0 saturated heterocycles. The van der Waals surface area contributed by atoms with Gasteiger partial charge in [-0.1, -0.05) is 30.3 Å². The zero-order valence-electron chi connectivity index (χ0n) is 10.1. The molecule has 0 aliphatic carbocycles. The van der Waals surface area contributed by atoms with Crippen molar-refractivity contribution < 1.29 is 9.53 Å². The number of benzene rings is 1. The van der Waals surface area contributed by atoms with E-state index in [-0.39, 0.29) is 5.97 Å². The summed E-state index contributed by atoms with van der Waals surface area (Å²) in [6, 6.07) is 12.2. The number of hydrogen-bond donors (Lipinski definition) is 0. The zero-order valence-corrected chi connectivity index (χ0v) is 10.9. The lowest BCUT2D eigenvalue weighted by Crippen LogP contribution is -1.98. The number of carbonyl (C=O) groups is 1. The molecule has 0 atom stereocenters. The molecule has 0 spiro atoms. The Bertz CT molecular complexity index is 541. The highest BCUT2D eigenvalue weighted by Gasteiger charge is 2.00. The van der Waals surface area contributed by atoms with Crippen LogP contribution >= 0.6 is 11.3 Å². The van der Waals surface area contributed by atoms with E-state index in [1.54, 1.807) is 24.3 Å². The minimum atomic E-state index is -0.299. The molecule has 0 N–H and O–H groups in total. The lowest BCUT2D eigenvalue weighted by Gasteiger charge is -1.94. The summed E-state index contributed by atoms with van der Waals surface area (Å²) >= 11 is 1.61. The van der Waals surface area contributed by atoms with Gasteiger partial charge in [-0.15, -0.1) is 11.3 Å². The number of ether oxygens (including phenoxy) is 1. The summed E-state index contributed by atoms with van der Waals surface area (Å²) in [4.78, 5) is 12.2. The molecule has 0 unspecified atom stereocenters. The molecule has 0 amide bonds. The summed E-state index contributed by atoms with van der Waals surface area (Å²) < 4.78 is 4.83. The van der Waals surface area contributed by atoms with Crippen molar-refractivity contribution in [3.05, 3.63) is 52.7 Å². The number of hydrogen-bond acceptors (Lipinski definition) is 3. The second kappa shape index (κ2) is 6.17. The maximum absolute atomic E-state index is 11.2. The Labute approximate surface area is 111 Å². The molecule has 0 radical (unpaired) electrons. The summed E-state index contributed by atoms with van der Waals surface area (Å²) in [5.41, 5.74) is 2.36. The van der Waals surface area contributed by atoms with Crippen molar-refractivity contribution in [3.63, 3.8) is 0 Å². The zero-order chi connectivity index (χ0) is 12.8. The van der Waals surface area contributed by atoms with E-state index in [0.29, 0.717) is 6.61 Å². The molecule has 0 bridgehead atoms. The summed E-state index contributed by atoms with van der Waals surface area (Å²) in [6.07, 6.45) is 3.25. The van der Waals surface area contributed by atoms with Crippen molar-refractivity contribution in [3.8, 4) is 11.1 Å². The summed E-state index contributed by atoms with van der Waals surface area (Å²) in [5.74, 6) is -0.299. The first-order valence-corrected chi connectivity index (χ1v) is 6.66. The van der Waals surface area contributed by atoms with Crippen LogP contribution in [0.3, 0.4) is 0 Å². The lowest BCUT2D eigenvalue weighted by molar-refractivity contribution is -0.137. The molecule has 2 rings (SSSR count). The Balaban J connectivity index is 2.09. The van der Waals surface area contributed by atoms with E-state index in [2.05, 4.69) is 23.6 Å². The van der Waals surface area contributed by atoms with Gasteiger partial charge in [0.25, 0.3) is 0 Å². The van der Waals surface area contributed by atoms with Crippen LogP contribution in [0.25, 0.3) is 17.2 Å². The number of esters is 1. The highest BCUT2D eigenvalue weighted by molar-refractivity contribution is 7.11. The topological polar surface area (TPSA) is 26.3 Å². The van der Waals surface area contributed by atoms with Crippen LogP contribution in [0.4, 0.5) is 0 Å². The quantitative estimate of drug-likeness (QED) is 0.612. The SMILES string of the molecule is CCOC(=O)/C=C/c1cc(-c2ccccc2)cs1. The standard InChI is InChI=1S/C15H14O2S/c1-2-17-15(16)9-8-14-10-13(11-18-14)12-6-4-3-5-7-12/h3-11H,2H2,1H3/b9-8+. The smallest absolute Gasteiger partial charge is 0.330 e. The third-order valence-electron chi connectivity index (χ3n) is 2.40. The van der Waals surface area contributed by atoms with E-state index < -0.39 is 0 Å². The molecule has 0 fully saturated rings. The highest BCUT2D eigenvalue weighted by atomic mass is 32.1. The Morgan fingerprint density at radius 1 is 1.28 bits per heavy atom. The Kier molecular flexibility index (Phi) is 4.31. The van der Waals surface area contributed by atoms with Crippen molar-refractivity contribution in [1.29, 1.82) is 0 Å². The fourth-order valence-corrected chi connectivity index (χ4v) is 2.37. The van der Waals surface area contributed by atoms with Gasteiger partial charge < -0.3 is 4.74 Å². The van der Waals surface area contributed by atoms with Crippen LogP contribution in [0.2, 0.25) is 0 Å². The van der Waals surface area contributed by atoms with Gasteiger partial charge in [0, 0.05) is 11.0 Å². The van der Waals surface area contributed by atoms with Crippen LogP contribution in [0.1, 0.15) is 11.8 Å². The predicted molar refractivity (Wildman–Crippen MR) is 75.4 cm³/mol. The molecule has 2 aromatic rings. The summed E-state index contributed by atoms with van der Waals surface area (Å²) in [7, 11) is 0. The van der Waals surface area contributed by atoms with Crippen LogP contribution in [0.15, 0.2) is 47.9 Å². The average molecular weight is 258 g/mol. The van der Waals surface area contributed by atoms with E-state index in [0.717, 1.165) is 4.88 Å². The molecule has 1 aromatic heterocycles. The molecule has 0 aliphatic rings. The van der Waals surface area contributed by atoms with E-state index >= 15 is 0 Å². The molecule has 0 saturated carbocycles. The Morgan fingerprint density at radius 2 is 2.06 bits per heavy atom. The van der Waals surface area contributed by atoms with Crippen molar-refractivity contribution in [2.75, 3.05) is 6.61 Å². The van der Waals surface area contributed by atoms with E-state index in [9.17, 15) is 4.79 Å². The summed E-state index contributed by atoms with van der Waals surface area (Å²) in [5, 5.41) is 2.08. The first-order chi connectivity index (χ1) is 8.79. The monoisotopic (exact) mass is 258 g/mol. The second-order valence-electron chi connectivity index (χ2n) is 3.69. The average Bonchev–Trinajstić information content (AvgIpc) is 2.87. The van der Waals surface area contributed by atoms with Crippen molar-refractivity contribution >= 4 is 23.4 Å². The molecular weight excluding hydrogens is 244 g/mol. The van der Waals surface area contributed by atoms with Gasteiger partial charge in [0.1, 0.15) is 0 Å². The van der Waals surface area contributed by atoms with Gasteiger partial charge in [-0.05, 0) is 35.6 Å². The third kappa shape index (κ3) is 3.31. The van der Waals surface area contributed by atoms with Crippen LogP contribution in [0.5, 0.6) is 0 Å². The maximum Gasteiger partial charge on any atom is 0.330 e. The first-order valence-electron chi connectivity index (χ1n) is 5.78. The largest absolute Gasteiger partial charge is 0.463 e. The lowest BCUT2D eigenvalue weighted by atomic mass is 10.1. The van der Waals surface area contributed by atoms with Crippen molar-refractivity contribution in [2.45, 2.75) is 6.92 Å². The Hall–Kier alpha value is -1.87.